The average molecular weight is 534 g/mol. The second kappa shape index (κ2) is 10.2. The molecule has 3 aromatic rings. The first kappa shape index (κ1) is 25.4. The first-order valence-corrected chi connectivity index (χ1v) is 11.7. The number of aliphatic hydroxyl groups excluding tert-OH is 1. The number of aromatic nitrogens is 3. The summed E-state index contributed by atoms with van der Waals surface area (Å²) in [6, 6.07) is 10.2. The molecule has 0 unspecified atom stereocenters. The Morgan fingerprint density at radius 1 is 1.22 bits per heavy atom. The van der Waals surface area contributed by atoms with Crippen LogP contribution in [0.5, 0.6) is 0 Å². The number of ether oxygens (including phenoxy) is 3. The van der Waals surface area contributed by atoms with E-state index in [1.807, 2.05) is 30.3 Å². The van der Waals surface area contributed by atoms with E-state index in [2.05, 4.69) is 15.6 Å². The van der Waals surface area contributed by atoms with Gasteiger partial charge >= 0.3 is 0 Å². The number of amides is 1. The highest BCUT2D eigenvalue weighted by molar-refractivity contribution is 6.31. The number of benzene rings is 2. The van der Waals surface area contributed by atoms with Crippen molar-refractivity contribution in [3.8, 4) is 11.3 Å². The lowest BCUT2D eigenvalue weighted by atomic mass is 9.91. The number of amidine groups is 1. The Morgan fingerprint density at radius 3 is 2.59 bits per heavy atom. The zero-order valence-corrected chi connectivity index (χ0v) is 20.1. The second-order valence-corrected chi connectivity index (χ2v) is 9.08. The third kappa shape index (κ3) is 4.98. The first-order chi connectivity index (χ1) is 17.7. The van der Waals surface area contributed by atoms with Gasteiger partial charge in [0.25, 0.3) is 5.91 Å². The summed E-state index contributed by atoms with van der Waals surface area (Å²) in [6.45, 7) is 1.41. The predicted molar refractivity (Wildman–Crippen MR) is 126 cm³/mol. The van der Waals surface area contributed by atoms with Gasteiger partial charge in [0.05, 0.1) is 18.6 Å². The fourth-order valence-corrected chi connectivity index (χ4v) is 4.54. The van der Waals surface area contributed by atoms with Gasteiger partial charge in [0.15, 0.2) is 12.4 Å². The van der Waals surface area contributed by atoms with Gasteiger partial charge in [-0.05, 0) is 19.1 Å². The van der Waals surface area contributed by atoms with Crippen LogP contribution in [0.15, 0.2) is 48.7 Å². The van der Waals surface area contributed by atoms with E-state index in [0.29, 0.717) is 0 Å². The molecular weight excluding hydrogens is 512 g/mol. The molecule has 194 valence electrons. The zero-order valence-electron chi connectivity index (χ0n) is 19.3. The number of fused-ring (bicyclic) bond motifs is 1. The van der Waals surface area contributed by atoms with Crippen LogP contribution >= 0.6 is 11.6 Å². The monoisotopic (exact) mass is 533 g/mol. The molecule has 2 saturated heterocycles. The van der Waals surface area contributed by atoms with Crippen LogP contribution in [0.2, 0.25) is 5.02 Å². The van der Waals surface area contributed by atoms with E-state index in [1.165, 1.54) is 17.8 Å². The maximum Gasteiger partial charge on any atom is 0.257 e. The minimum absolute atomic E-state index is 0.0377. The van der Waals surface area contributed by atoms with Crippen molar-refractivity contribution in [1.29, 1.82) is 5.41 Å². The summed E-state index contributed by atoms with van der Waals surface area (Å²) in [5.41, 5.74) is 0.917. The highest BCUT2D eigenvalue weighted by Gasteiger charge is 2.52. The number of carbonyl (C=O) groups excluding carboxylic acids is 1. The molecule has 1 amide bonds. The Bertz CT molecular complexity index is 1300. The highest BCUT2D eigenvalue weighted by Crippen LogP contribution is 2.39. The van der Waals surface area contributed by atoms with E-state index in [4.69, 9.17) is 31.2 Å². The Labute approximate surface area is 214 Å². The van der Waals surface area contributed by atoms with Gasteiger partial charge < -0.3 is 24.6 Å². The lowest BCUT2D eigenvalue weighted by Gasteiger charge is -2.47. The molecule has 2 aliphatic heterocycles. The van der Waals surface area contributed by atoms with E-state index < -0.39 is 59.3 Å². The smallest absolute Gasteiger partial charge is 0.257 e. The number of carbonyl (C=O) groups is 1. The Morgan fingerprint density at radius 2 is 1.92 bits per heavy atom. The number of aliphatic hydroxyl groups is 1. The van der Waals surface area contributed by atoms with Gasteiger partial charge in [-0.2, -0.15) is 0 Å². The third-order valence-corrected chi connectivity index (χ3v) is 6.47. The summed E-state index contributed by atoms with van der Waals surface area (Å²) >= 11 is 5.59. The van der Waals surface area contributed by atoms with Crippen molar-refractivity contribution in [2.24, 2.45) is 0 Å². The SMILES string of the molecule is CC(=N)NC(=O)[C@@H]1O[C@@H]2CO[C@H](c3ccccc3)O[C@@H]2[C@H](n2cc(-c3cc(F)c(Cl)c(F)c3)nn2)[C@H]1O. The molecule has 0 radical (unpaired) electrons. The van der Waals surface area contributed by atoms with Gasteiger partial charge in [-0.3, -0.25) is 10.2 Å². The number of halogens is 3. The molecule has 6 atom stereocenters. The van der Waals surface area contributed by atoms with Gasteiger partial charge in [-0.15, -0.1) is 5.10 Å². The van der Waals surface area contributed by atoms with Crippen LogP contribution in [0.4, 0.5) is 8.78 Å². The molecule has 0 bridgehead atoms. The lowest BCUT2D eigenvalue weighted by molar-refractivity contribution is -0.312. The molecule has 0 spiro atoms. The van der Waals surface area contributed by atoms with Gasteiger partial charge in [-0.1, -0.05) is 47.1 Å². The molecule has 1 aromatic heterocycles. The predicted octanol–water partition coefficient (Wildman–Crippen LogP) is 2.77. The molecule has 2 aliphatic rings. The molecule has 3 N–H and O–H groups in total. The molecular formula is C24H22ClF2N5O5. The van der Waals surface area contributed by atoms with E-state index in [1.54, 1.807) is 0 Å². The molecule has 0 saturated carbocycles. The van der Waals surface area contributed by atoms with E-state index in [9.17, 15) is 18.7 Å². The van der Waals surface area contributed by atoms with Crippen molar-refractivity contribution in [3.63, 3.8) is 0 Å². The quantitative estimate of drug-likeness (QED) is 0.267. The second-order valence-electron chi connectivity index (χ2n) is 8.70. The number of nitrogens with one attached hydrogen (secondary N) is 2. The van der Waals surface area contributed by atoms with Crippen molar-refractivity contribution in [1.82, 2.24) is 20.3 Å². The van der Waals surface area contributed by atoms with Crippen LogP contribution in [0.25, 0.3) is 11.3 Å². The Hall–Kier alpha value is -3.29. The van der Waals surface area contributed by atoms with E-state index >= 15 is 0 Å². The summed E-state index contributed by atoms with van der Waals surface area (Å²) in [5, 5.41) is 28.6. The third-order valence-electron chi connectivity index (χ3n) is 6.11. The van der Waals surface area contributed by atoms with Crippen molar-refractivity contribution < 1.29 is 32.9 Å². The molecule has 10 nitrogen and oxygen atoms in total. The van der Waals surface area contributed by atoms with E-state index in [-0.39, 0.29) is 23.7 Å². The molecule has 0 aliphatic carbocycles. The number of hydrogen-bond donors (Lipinski definition) is 3. The van der Waals surface area contributed by atoms with Crippen LogP contribution in [-0.4, -0.2) is 62.9 Å². The number of hydrogen-bond acceptors (Lipinski definition) is 8. The average Bonchev–Trinajstić information content (AvgIpc) is 3.36. The molecule has 2 fully saturated rings. The molecule has 13 heteroatoms. The van der Waals surface area contributed by atoms with Crippen LogP contribution in [-0.2, 0) is 19.0 Å². The minimum Gasteiger partial charge on any atom is -0.387 e. The van der Waals surface area contributed by atoms with Gasteiger partial charge in [0.2, 0.25) is 0 Å². The van der Waals surface area contributed by atoms with Crippen molar-refractivity contribution in [2.45, 2.75) is 43.7 Å². The Balaban J connectivity index is 1.50. The standard InChI is InChI=1S/C24H22ClF2N5O5/c1-11(28)29-23(34)22-20(33)19(21-17(36-22)10-35-24(37-21)12-5-3-2-4-6-12)32-9-16(30-31-32)13-7-14(26)18(25)15(27)8-13/h2-9,17,19-22,24,33H,10H2,1H3,(H2,28,29,34)/t17-,19-,20-,21+,22-,24+/m1/s1. The van der Waals surface area contributed by atoms with Crippen molar-refractivity contribution >= 4 is 23.3 Å². The van der Waals surface area contributed by atoms with Gasteiger partial charge in [0.1, 0.15) is 46.7 Å². The molecule has 37 heavy (non-hydrogen) atoms. The summed E-state index contributed by atoms with van der Waals surface area (Å²) in [4.78, 5) is 12.7. The number of nitrogens with zero attached hydrogens (tertiary/aromatic N) is 3. The largest absolute Gasteiger partial charge is 0.387 e. The van der Waals surface area contributed by atoms with E-state index in [0.717, 1.165) is 17.7 Å². The summed E-state index contributed by atoms with van der Waals surface area (Å²) < 4.78 is 47.2. The van der Waals surface area contributed by atoms with Crippen LogP contribution in [0, 0.1) is 17.0 Å². The summed E-state index contributed by atoms with van der Waals surface area (Å²) in [6.07, 6.45) is -3.89. The van der Waals surface area contributed by atoms with Crippen LogP contribution in [0.1, 0.15) is 24.8 Å². The molecule has 5 rings (SSSR count). The van der Waals surface area contributed by atoms with Crippen molar-refractivity contribution in [2.75, 3.05) is 6.61 Å². The van der Waals surface area contributed by atoms with Crippen LogP contribution in [0.3, 0.4) is 0 Å². The fourth-order valence-electron chi connectivity index (χ4n) is 4.43. The van der Waals surface area contributed by atoms with Crippen LogP contribution < -0.4 is 5.32 Å². The zero-order chi connectivity index (χ0) is 26.3. The summed E-state index contributed by atoms with van der Waals surface area (Å²) in [7, 11) is 0. The maximum absolute atomic E-state index is 14.0. The fraction of sp³-hybridized carbons (Fsp3) is 0.333. The maximum atomic E-state index is 14.0. The number of rotatable bonds is 4. The minimum atomic E-state index is -1.48. The van der Waals surface area contributed by atoms with Gasteiger partial charge in [0, 0.05) is 11.1 Å². The topological polar surface area (TPSA) is 132 Å². The van der Waals surface area contributed by atoms with Crippen molar-refractivity contribution in [3.05, 3.63) is 70.9 Å². The Kier molecular flexibility index (Phi) is 7.01. The summed E-state index contributed by atoms with van der Waals surface area (Å²) in [5.74, 6) is -2.78. The lowest BCUT2D eigenvalue weighted by Crippen LogP contribution is -2.62. The van der Waals surface area contributed by atoms with Gasteiger partial charge in [-0.25, -0.2) is 13.5 Å². The highest BCUT2D eigenvalue weighted by atomic mass is 35.5. The first-order valence-electron chi connectivity index (χ1n) is 11.3. The molecule has 3 heterocycles. The molecule has 2 aromatic carbocycles. The normalized spacial score (nSPS) is 27.4.